The molecule has 1 aromatic rings. The zero-order chi connectivity index (χ0) is 22.9. The minimum Gasteiger partial charge on any atom is -0.394 e. The summed E-state index contributed by atoms with van der Waals surface area (Å²) in [6.07, 6.45) is 9.54. The molecule has 32 heavy (non-hydrogen) atoms. The molecule has 2 heterocycles. The standard InChI is InChI=1S/C26H37N3O3/c1-4-8-19-11-13-20(14-12-19)24-22(16-30)29(23(31)15-27(2)3)26(24)17-28(18-26)25(32)21-9-6-5-7-10-21/h4,8,11-14,21-22,24,30H,5-7,9-10,15-18H2,1-3H3/b8-4+/t22-,24-/m1/s1. The summed E-state index contributed by atoms with van der Waals surface area (Å²) < 4.78 is 0. The van der Waals surface area contributed by atoms with Crippen molar-refractivity contribution < 1.29 is 14.7 Å². The molecule has 2 saturated heterocycles. The van der Waals surface area contributed by atoms with E-state index in [4.69, 9.17) is 0 Å². The fourth-order valence-corrected chi connectivity index (χ4v) is 6.14. The molecule has 2 amide bonds. The van der Waals surface area contributed by atoms with Crippen LogP contribution in [0.5, 0.6) is 0 Å². The van der Waals surface area contributed by atoms with Crippen LogP contribution in [0.4, 0.5) is 0 Å². The van der Waals surface area contributed by atoms with Crippen molar-refractivity contribution in [3.63, 3.8) is 0 Å². The first kappa shape index (κ1) is 23.0. The average Bonchev–Trinajstić information content (AvgIpc) is 2.73. The van der Waals surface area contributed by atoms with Crippen molar-refractivity contribution in [2.75, 3.05) is 40.3 Å². The second-order valence-electron chi connectivity index (χ2n) is 10.0. The molecule has 0 unspecified atom stereocenters. The first-order valence-electron chi connectivity index (χ1n) is 12.0. The third-order valence-corrected chi connectivity index (χ3v) is 7.53. The predicted octanol–water partition coefficient (Wildman–Crippen LogP) is 2.73. The molecule has 0 bridgehead atoms. The van der Waals surface area contributed by atoms with Crippen LogP contribution in [0.3, 0.4) is 0 Å². The van der Waals surface area contributed by atoms with Gasteiger partial charge in [0.25, 0.3) is 0 Å². The Hall–Kier alpha value is -2.18. The van der Waals surface area contributed by atoms with Crippen molar-refractivity contribution in [3.8, 4) is 0 Å². The van der Waals surface area contributed by atoms with Gasteiger partial charge in [-0.1, -0.05) is 55.7 Å². The third-order valence-electron chi connectivity index (χ3n) is 7.53. The van der Waals surface area contributed by atoms with Crippen molar-refractivity contribution in [1.29, 1.82) is 0 Å². The average molecular weight is 440 g/mol. The number of hydrogen-bond acceptors (Lipinski definition) is 4. The van der Waals surface area contributed by atoms with Crippen LogP contribution in [-0.2, 0) is 9.59 Å². The van der Waals surface area contributed by atoms with E-state index in [1.54, 1.807) is 0 Å². The number of carbonyl (C=O) groups is 2. The van der Waals surface area contributed by atoms with Gasteiger partial charge in [0, 0.05) is 24.9 Å². The molecule has 1 spiro atoms. The molecule has 2 aliphatic heterocycles. The highest BCUT2D eigenvalue weighted by Crippen LogP contribution is 2.54. The number of amides is 2. The molecule has 4 rings (SSSR count). The number of nitrogens with zero attached hydrogens (tertiary/aromatic N) is 3. The number of benzene rings is 1. The van der Waals surface area contributed by atoms with Crippen molar-refractivity contribution in [3.05, 3.63) is 41.5 Å². The lowest BCUT2D eigenvalue weighted by Crippen LogP contribution is -2.86. The van der Waals surface area contributed by atoms with Gasteiger partial charge in [-0.25, -0.2) is 0 Å². The first-order chi connectivity index (χ1) is 15.4. The summed E-state index contributed by atoms with van der Waals surface area (Å²) in [7, 11) is 3.77. The number of allylic oxidation sites excluding steroid dienone is 1. The van der Waals surface area contributed by atoms with E-state index in [1.807, 2.05) is 41.8 Å². The third kappa shape index (κ3) is 3.99. The number of aliphatic hydroxyl groups excluding tert-OH is 1. The Kier molecular flexibility index (Phi) is 6.72. The van der Waals surface area contributed by atoms with Crippen LogP contribution in [0.2, 0.25) is 0 Å². The largest absolute Gasteiger partial charge is 0.394 e. The molecule has 3 aliphatic rings. The topological polar surface area (TPSA) is 64.1 Å². The van der Waals surface area contributed by atoms with Crippen molar-refractivity contribution >= 4 is 17.9 Å². The van der Waals surface area contributed by atoms with Crippen LogP contribution in [0, 0.1) is 5.92 Å². The lowest BCUT2D eigenvalue weighted by atomic mass is 9.60. The van der Waals surface area contributed by atoms with Gasteiger partial charge in [-0.15, -0.1) is 0 Å². The molecule has 174 valence electrons. The summed E-state index contributed by atoms with van der Waals surface area (Å²) in [5.74, 6) is 0.457. The molecular weight excluding hydrogens is 402 g/mol. The van der Waals surface area contributed by atoms with E-state index in [0.717, 1.165) is 36.8 Å². The van der Waals surface area contributed by atoms with Gasteiger partial charge in [0.15, 0.2) is 0 Å². The number of hydrogen-bond donors (Lipinski definition) is 1. The summed E-state index contributed by atoms with van der Waals surface area (Å²) in [6.45, 7) is 3.37. The summed E-state index contributed by atoms with van der Waals surface area (Å²) in [6, 6.07) is 8.16. The molecule has 1 N–H and O–H groups in total. The molecule has 0 radical (unpaired) electrons. The monoisotopic (exact) mass is 439 g/mol. The Labute approximate surface area is 191 Å². The number of rotatable bonds is 6. The van der Waals surface area contributed by atoms with E-state index >= 15 is 0 Å². The molecule has 3 fully saturated rings. The van der Waals surface area contributed by atoms with Crippen molar-refractivity contribution in [2.45, 2.75) is 56.5 Å². The zero-order valence-corrected chi connectivity index (χ0v) is 19.7. The molecule has 1 saturated carbocycles. The highest BCUT2D eigenvalue weighted by atomic mass is 16.3. The molecule has 0 aromatic heterocycles. The maximum atomic E-state index is 13.2. The lowest BCUT2D eigenvalue weighted by molar-refractivity contribution is -0.205. The molecule has 6 nitrogen and oxygen atoms in total. The highest BCUT2D eigenvalue weighted by Gasteiger charge is 2.68. The van der Waals surface area contributed by atoms with E-state index in [2.05, 4.69) is 30.3 Å². The van der Waals surface area contributed by atoms with Gasteiger partial charge in [0.1, 0.15) is 0 Å². The van der Waals surface area contributed by atoms with Crippen LogP contribution >= 0.6 is 0 Å². The second-order valence-corrected chi connectivity index (χ2v) is 10.0. The van der Waals surface area contributed by atoms with Gasteiger partial charge in [-0.05, 0) is 45.0 Å². The maximum absolute atomic E-state index is 13.2. The molecule has 1 aromatic carbocycles. The predicted molar refractivity (Wildman–Crippen MR) is 126 cm³/mol. The normalized spacial score (nSPS) is 25.3. The minimum atomic E-state index is -0.410. The number of aliphatic hydroxyl groups is 1. The molecule has 6 heteroatoms. The van der Waals surface area contributed by atoms with E-state index < -0.39 is 5.54 Å². The molecule has 2 atom stereocenters. The SMILES string of the molecule is C/C=C/c1ccc([C@@H]2[C@@H](CO)N(C(=O)CN(C)C)C23CN(C(=O)C2CCCCC2)C3)cc1. The van der Waals surface area contributed by atoms with Gasteiger partial charge < -0.3 is 19.8 Å². The molecule has 1 aliphatic carbocycles. The zero-order valence-electron chi connectivity index (χ0n) is 19.7. The maximum Gasteiger partial charge on any atom is 0.237 e. The van der Waals surface area contributed by atoms with Gasteiger partial charge >= 0.3 is 0 Å². The van der Waals surface area contributed by atoms with Crippen LogP contribution in [0.1, 0.15) is 56.1 Å². The Bertz CT molecular complexity index is 852. The van der Waals surface area contributed by atoms with Crippen molar-refractivity contribution in [2.24, 2.45) is 5.92 Å². The van der Waals surface area contributed by atoms with Gasteiger partial charge in [-0.2, -0.15) is 0 Å². The Balaban J connectivity index is 1.58. The van der Waals surface area contributed by atoms with Gasteiger partial charge in [0.2, 0.25) is 11.8 Å². The lowest BCUT2D eigenvalue weighted by Gasteiger charge is -2.70. The van der Waals surface area contributed by atoms with E-state index in [1.165, 1.54) is 6.42 Å². The quantitative estimate of drug-likeness (QED) is 0.740. The van der Waals surface area contributed by atoms with Crippen LogP contribution in [-0.4, -0.2) is 83.5 Å². The van der Waals surface area contributed by atoms with Gasteiger partial charge in [-0.3, -0.25) is 9.59 Å². The smallest absolute Gasteiger partial charge is 0.237 e. The van der Waals surface area contributed by atoms with Crippen molar-refractivity contribution in [1.82, 2.24) is 14.7 Å². The fraction of sp³-hybridized carbons (Fsp3) is 0.615. The summed E-state index contributed by atoms with van der Waals surface area (Å²) in [5.41, 5.74) is 1.86. The van der Waals surface area contributed by atoms with Crippen LogP contribution in [0.15, 0.2) is 30.3 Å². The van der Waals surface area contributed by atoms with Gasteiger partial charge in [0.05, 0.1) is 24.7 Å². The Morgan fingerprint density at radius 2 is 1.78 bits per heavy atom. The number of carbonyl (C=O) groups excluding carboxylic acids is 2. The second kappa shape index (κ2) is 9.36. The van der Waals surface area contributed by atoms with Crippen LogP contribution < -0.4 is 0 Å². The summed E-state index contributed by atoms with van der Waals surface area (Å²) in [4.78, 5) is 32.0. The van der Waals surface area contributed by atoms with E-state index in [9.17, 15) is 14.7 Å². The summed E-state index contributed by atoms with van der Waals surface area (Å²) in [5, 5.41) is 10.2. The van der Waals surface area contributed by atoms with Crippen LogP contribution in [0.25, 0.3) is 6.08 Å². The Morgan fingerprint density at radius 3 is 2.34 bits per heavy atom. The Morgan fingerprint density at radius 1 is 1.12 bits per heavy atom. The first-order valence-corrected chi connectivity index (χ1v) is 12.0. The minimum absolute atomic E-state index is 0.0283. The number of likely N-dealkylation sites (N-methyl/N-ethyl adjacent to an activating group) is 1. The van der Waals surface area contributed by atoms with E-state index in [-0.39, 0.29) is 36.3 Å². The van der Waals surface area contributed by atoms with E-state index in [0.29, 0.717) is 19.6 Å². The summed E-state index contributed by atoms with van der Waals surface area (Å²) >= 11 is 0. The molecular formula is C26H37N3O3. The highest BCUT2D eigenvalue weighted by molar-refractivity contribution is 5.84. The number of likely N-dealkylation sites (tertiary alicyclic amines) is 2. The fourth-order valence-electron chi connectivity index (χ4n) is 6.14.